The predicted octanol–water partition coefficient (Wildman–Crippen LogP) is 1.31. The second kappa shape index (κ2) is 7.21. The van der Waals surface area contributed by atoms with Crippen LogP contribution in [-0.2, 0) is 25.1 Å². The number of nitrogens with two attached hydrogens (primary N) is 1. The van der Waals surface area contributed by atoms with Crippen molar-refractivity contribution < 1.29 is 17.9 Å². The molecule has 0 aliphatic rings. The van der Waals surface area contributed by atoms with Gasteiger partial charge in [0.25, 0.3) is 0 Å². The van der Waals surface area contributed by atoms with Gasteiger partial charge in [0, 0.05) is 12.8 Å². The minimum absolute atomic E-state index is 0.0790. The van der Waals surface area contributed by atoms with Crippen molar-refractivity contribution in [2.45, 2.75) is 37.3 Å². The number of rotatable bonds is 6. The molecule has 6 nitrogen and oxygen atoms in total. The number of carbonyl (C=O) groups is 1. The molecule has 0 spiro atoms. The Bertz CT molecular complexity index is 621. The third kappa shape index (κ3) is 5.08. The highest BCUT2D eigenvalue weighted by Crippen LogP contribution is 2.22. The van der Waals surface area contributed by atoms with Gasteiger partial charge in [-0.25, -0.2) is 8.42 Å². The van der Waals surface area contributed by atoms with E-state index < -0.39 is 20.6 Å². The topological polar surface area (TPSA) is 98.5 Å². The highest BCUT2D eigenvalue weighted by atomic mass is 32.2. The van der Waals surface area contributed by atoms with E-state index in [0.29, 0.717) is 11.3 Å². The van der Waals surface area contributed by atoms with E-state index in [0.717, 1.165) is 0 Å². The number of hydrogen-bond donors (Lipinski definition) is 2. The summed E-state index contributed by atoms with van der Waals surface area (Å²) in [6, 6.07) is 5.97. The van der Waals surface area contributed by atoms with E-state index >= 15 is 0 Å². The number of benzene rings is 1. The van der Waals surface area contributed by atoms with E-state index in [-0.39, 0.29) is 18.3 Å². The molecule has 1 aromatic rings. The number of hydrogen-bond acceptors (Lipinski definition) is 5. The first-order valence-corrected chi connectivity index (χ1v) is 8.58. The lowest BCUT2D eigenvalue weighted by molar-refractivity contribution is -0.118. The highest BCUT2D eigenvalue weighted by molar-refractivity contribution is 7.91. The Morgan fingerprint density at radius 3 is 2.55 bits per heavy atom. The summed E-state index contributed by atoms with van der Waals surface area (Å²) in [4.78, 5) is 11.8. The molecule has 1 aromatic carbocycles. The van der Waals surface area contributed by atoms with Crippen molar-refractivity contribution in [3.63, 3.8) is 0 Å². The van der Waals surface area contributed by atoms with Crippen LogP contribution in [-0.4, -0.2) is 38.8 Å². The fraction of sp³-hybridized carbons (Fsp3) is 0.533. The lowest BCUT2D eigenvalue weighted by Gasteiger charge is -2.19. The molecule has 3 N–H and O–H groups in total. The number of methoxy groups -OCH3 is 1. The van der Waals surface area contributed by atoms with E-state index in [9.17, 15) is 13.2 Å². The summed E-state index contributed by atoms with van der Waals surface area (Å²) < 4.78 is 28.4. The Kier molecular flexibility index (Phi) is 6.10. The van der Waals surface area contributed by atoms with Crippen molar-refractivity contribution in [2.24, 2.45) is 5.73 Å². The van der Waals surface area contributed by atoms with Crippen molar-refractivity contribution in [3.8, 4) is 0 Å². The number of carbonyl (C=O) groups excluding carboxylic acids is 1. The monoisotopic (exact) mass is 328 g/mol. The number of sulfone groups is 1. The first-order chi connectivity index (χ1) is 10.1. The average molecular weight is 328 g/mol. The van der Waals surface area contributed by atoms with Crippen LogP contribution in [0.5, 0.6) is 0 Å². The summed E-state index contributed by atoms with van der Waals surface area (Å²) in [6.07, 6.45) is 0. The first kappa shape index (κ1) is 18.6. The van der Waals surface area contributed by atoms with Crippen molar-refractivity contribution in [3.05, 3.63) is 29.8 Å². The zero-order valence-electron chi connectivity index (χ0n) is 13.4. The molecule has 0 aliphatic heterocycles. The van der Waals surface area contributed by atoms with Crippen molar-refractivity contribution in [1.82, 2.24) is 0 Å². The predicted molar refractivity (Wildman–Crippen MR) is 87.3 cm³/mol. The van der Waals surface area contributed by atoms with Crippen LogP contribution in [0.1, 0.15) is 26.3 Å². The van der Waals surface area contributed by atoms with Crippen LogP contribution >= 0.6 is 0 Å². The third-order valence-electron chi connectivity index (χ3n) is 3.17. The summed E-state index contributed by atoms with van der Waals surface area (Å²) in [6.45, 7) is 5.11. The summed E-state index contributed by atoms with van der Waals surface area (Å²) in [5.74, 6) is -0.456. The van der Waals surface area contributed by atoms with Gasteiger partial charge in [-0.2, -0.15) is 0 Å². The molecule has 0 aliphatic carbocycles. The molecule has 0 heterocycles. The molecule has 0 fully saturated rings. The van der Waals surface area contributed by atoms with E-state index in [1.165, 1.54) is 7.11 Å². The number of nitrogens with one attached hydrogen (secondary N) is 1. The van der Waals surface area contributed by atoms with E-state index in [1.54, 1.807) is 45.0 Å². The molecule has 124 valence electrons. The fourth-order valence-electron chi connectivity index (χ4n) is 1.66. The van der Waals surface area contributed by atoms with Crippen LogP contribution in [0.4, 0.5) is 5.69 Å². The number of ether oxygens (including phenoxy) is 1. The maximum Gasteiger partial charge on any atom is 0.243 e. The second-order valence-electron chi connectivity index (χ2n) is 6.12. The van der Waals surface area contributed by atoms with Crippen LogP contribution in [0.15, 0.2) is 24.3 Å². The Balaban J connectivity index is 2.85. The summed E-state index contributed by atoms with van der Waals surface area (Å²) in [5, 5.41) is 2.65. The Morgan fingerprint density at radius 1 is 1.36 bits per heavy atom. The molecule has 1 amide bonds. The standard InChI is InChI=1S/C15H24N2O4S/c1-15(2,3)22(19,20)10-11-6-5-7-12(8-11)17-14(18)13(16)9-21-4/h5-8,13H,9-10,16H2,1-4H3,(H,17,18). The average Bonchev–Trinajstić information content (AvgIpc) is 2.37. The molecule has 0 radical (unpaired) electrons. The van der Waals surface area contributed by atoms with Crippen molar-refractivity contribution in [2.75, 3.05) is 19.0 Å². The van der Waals surface area contributed by atoms with Gasteiger partial charge in [0.05, 0.1) is 17.1 Å². The molecule has 7 heteroatoms. The van der Waals surface area contributed by atoms with Gasteiger partial charge in [0.2, 0.25) is 5.91 Å². The maximum atomic E-state index is 12.2. The van der Waals surface area contributed by atoms with Crippen molar-refractivity contribution in [1.29, 1.82) is 0 Å². The summed E-state index contributed by atoms with van der Waals surface area (Å²) in [5.41, 5.74) is 6.77. The van der Waals surface area contributed by atoms with Gasteiger partial charge in [0.15, 0.2) is 9.84 Å². The molecule has 0 saturated heterocycles. The number of anilines is 1. The molecule has 1 rings (SSSR count). The molecule has 22 heavy (non-hydrogen) atoms. The lowest BCUT2D eigenvalue weighted by Crippen LogP contribution is -2.39. The molecule has 0 bridgehead atoms. The Morgan fingerprint density at radius 2 is 2.00 bits per heavy atom. The van der Waals surface area contributed by atoms with Crippen LogP contribution in [0.25, 0.3) is 0 Å². The van der Waals surface area contributed by atoms with Gasteiger partial charge >= 0.3 is 0 Å². The van der Waals surface area contributed by atoms with E-state index in [2.05, 4.69) is 5.32 Å². The van der Waals surface area contributed by atoms with Gasteiger partial charge in [-0.15, -0.1) is 0 Å². The molecular formula is C15H24N2O4S. The van der Waals surface area contributed by atoms with Crippen LogP contribution in [0, 0.1) is 0 Å². The van der Waals surface area contributed by atoms with Gasteiger partial charge in [-0.1, -0.05) is 12.1 Å². The van der Waals surface area contributed by atoms with E-state index in [4.69, 9.17) is 10.5 Å². The maximum absolute atomic E-state index is 12.2. The van der Waals surface area contributed by atoms with Gasteiger partial charge in [-0.3, -0.25) is 4.79 Å². The Hall–Kier alpha value is -1.44. The zero-order valence-corrected chi connectivity index (χ0v) is 14.2. The SMILES string of the molecule is COCC(N)C(=O)Nc1cccc(CS(=O)(=O)C(C)(C)C)c1. The minimum Gasteiger partial charge on any atom is -0.383 e. The minimum atomic E-state index is -3.28. The van der Waals surface area contributed by atoms with E-state index in [1.807, 2.05) is 0 Å². The molecule has 0 aromatic heterocycles. The molecule has 1 atom stereocenters. The normalized spacial score (nSPS) is 13.7. The van der Waals surface area contributed by atoms with Gasteiger partial charge < -0.3 is 15.8 Å². The van der Waals surface area contributed by atoms with Crippen LogP contribution < -0.4 is 11.1 Å². The zero-order chi connectivity index (χ0) is 17.0. The lowest BCUT2D eigenvalue weighted by atomic mass is 10.2. The quantitative estimate of drug-likeness (QED) is 0.820. The van der Waals surface area contributed by atoms with Crippen molar-refractivity contribution >= 4 is 21.4 Å². The Labute approximate surface area is 132 Å². The first-order valence-electron chi connectivity index (χ1n) is 6.93. The number of amides is 1. The second-order valence-corrected chi connectivity index (χ2v) is 8.87. The fourth-order valence-corrected chi connectivity index (χ4v) is 2.72. The van der Waals surface area contributed by atoms with Crippen LogP contribution in [0.2, 0.25) is 0 Å². The van der Waals surface area contributed by atoms with Crippen LogP contribution in [0.3, 0.4) is 0 Å². The van der Waals surface area contributed by atoms with Gasteiger partial charge in [-0.05, 0) is 38.5 Å². The molecule has 0 saturated carbocycles. The summed E-state index contributed by atoms with van der Waals surface area (Å²) >= 11 is 0. The molecule has 1 unspecified atom stereocenters. The summed E-state index contributed by atoms with van der Waals surface area (Å²) in [7, 11) is -1.81. The highest BCUT2D eigenvalue weighted by Gasteiger charge is 2.29. The largest absolute Gasteiger partial charge is 0.383 e. The molecular weight excluding hydrogens is 304 g/mol. The third-order valence-corrected chi connectivity index (χ3v) is 5.75. The smallest absolute Gasteiger partial charge is 0.243 e. The van der Waals surface area contributed by atoms with Gasteiger partial charge in [0.1, 0.15) is 6.04 Å².